The predicted octanol–water partition coefficient (Wildman–Crippen LogP) is 3.18. The van der Waals surface area contributed by atoms with Crippen molar-refractivity contribution in [1.82, 2.24) is 9.97 Å². The topological polar surface area (TPSA) is 112 Å². The van der Waals surface area contributed by atoms with E-state index in [0.717, 1.165) is 0 Å². The molecule has 0 bridgehead atoms. The minimum atomic E-state index is -0.595. The number of amides is 2. The molecule has 2 N–H and O–H groups in total. The van der Waals surface area contributed by atoms with Crippen LogP contribution in [0.25, 0.3) is 10.9 Å². The van der Waals surface area contributed by atoms with Crippen LogP contribution in [0.1, 0.15) is 17.3 Å². The average Bonchev–Trinajstić information content (AvgIpc) is 3.13. The van der Waals surface area contributed by atoms with Crippen molar-refractivity contribution >= 4 is 34.5 Å². The Kier molecular flexibility index (Phi) is 4.63. The molecule has 9 nitrogen and oxygen atoms in total. The van der Waals surface area contributed by atoms with Crippen LogP contribution in [0.2, 0.25) is 0 Å². The summed E-state index contributed by atoms with van der Waals surface area (Å²) in [6.45, 7) is 2.01. The van der Waals surface area contributed by atoms with Crippen LogP contribution in [0.15, 0.2) is 42.6 Å². The summed E-state index contributed by atoms with van der Waals surface area (Å²) in [6.07, 6.45) is 1.55. The van der Waals surface area contributed by atoms with Crippen LogP contribution < -0.4 is 20.1 Å². The van der Waals surface area contributed by atoms with Gasteiger partial charge in [0.1, 0.15) is 17.2 Å². The molecule has 0 saturated carbocycles. The van der Waals surface area contributed by atoms with Crippen molar-refractivity contribution in [1.29, 1.82) is 0 Å². The number of pyridine rings is 2. The van der Waals surface area contributed by atoms with Gasteiger partial charge in [-0.25, -0.2) is 19.6 Å². The van der Waals surface area contributed by atoms with Crippen molar-refractivity contribution in [3.8, 4) is 11.5 Å². The first-order valence-corrected chi connectivity index (χ1v) is 8.54. The van der Waals surface area contributed by atoms with E-state index in [1.165, 1.54) is 0 Å². The van der Waals surface area contributed by atoms with E-state index in [9.17, 15) is 9.59 Å². The summed E-state index contributed by atoms with van der Waals surface area (Å²) in [4.78, 5) is 33.2. The number of esters is 1. The summed E-state index contributed by atoms with van der Waals surface area (Å²) in [5.74, 6) is 0.952. The smallest absolute Gasteiger partial charge is 0.341 e. The molecule has 0 atom stereocenters. The number of benzene rings is 1. The Balaban J connectivity index is 1.69. The Morgan fingerprint density at radius 1 is 1.14 bits per heavy atom. The minimum absolute atomic E-state index is 0.0678. The summed E-state index contributed by atoms with van der Waals surface area (Å²) in [5.41, 5.74) is 0.662. The zero-order valence-electron chi connectivity index (χ0n) is 14.9. The lowest BCUT2D eigenvalue weighted by atomic mass is 10.1. The molecule has 0 radical (unpaired) electrons. The highest BCUT2D eigenvalue weighted by Gasteiger charge is 2.21. The van der Waals surface area contributed by atoms with E-state index in [4.69, 9.17) is 14.2 Å². The van der Waals surface area contributed by atoms with Gasteiger partial charge in [0.05, 0.1) is 12.1 Å². The molecular weight excluding hydrogens is 364 g/mol. The quantitative estimate of drug-likeness (QED) is 0.669. The molecular formula is C19H16N4O5. The largest absolute Gasteiger partial charge is 0.462 e. The molecule has 28 heavy (non-hydrogen) atoms. The first-order valence-electron chi connectivity index (χ1n) is 8.54. The van der Waals surface area contributed by atoms with E-state index >= 15 is 0 Å². The highest BCUT2D eigenvalue weighted by Crippen LogP contribution is 2.36. The van der Waals surface area contributed by atoms with Crippen molar-refractivity contribution in [3.63, 3.8) is 0 Å². The van der Waals surface area contributed by atoms with Gasteiger partial charge in [-0.3, -0.25) is 10.6 Å². The van der Waals surface area contributed by atoms with Gasteiger partial charge >= 0.3 is 12.0 Å². The van der Waals surface area contributed by atoms with Crippen molar-refractivity contribution < 1.29 is 23.8 Å². The van der Waals surface area contributed by atoms with Crippen LogP contribution in [0.5, 0.6) is 11.5 Å². The number of hydrogen-bond donors (Lipinski definition) is 2. The van der Waals surface area contributed by atoms with Crippen LogP contribution in [-0.4, -0.2) is 35.4 Å². The zero-order chi connectivity index (χ0) is 19.5. The van der Waals surface area contributed by atoms with Crippen LogP contribution in [0.4, 0.5) is 16.4 Å². The summed E-state index contributed by atoms with van der Waals surface area (Å²) < 4.78 is 15.8. The van der Waals surface area contributed by atoms with Gasteiger partial charge in [-0.05, 0) is 31.2 Å². The average molecular weight is 380 g/mol. The van der Waals surface area contributed by atoms with Crippen molar-refractivity contribution in [3.05, 3.63) is 48.2 Å². The maximum atomic E-state index is 12.4. The molecule has 142 valence electrons. The van der Waals surface area contributed by atoms with Gasteiger partial charge < -0.3 is 14.2 Å². The fourth-order valence-electron chi connectivity index (χ4n) is 2.72. The first-order chi connectivity index (χ1) is 13.6. The highest BCUT2D eigenvalue weighted by molar-refractivity contribution is 6.06. The Hall–Kier alpha value is -3.88. The number of ether oxygens (including phenoxy) is 3. The molecule has 0 spiro atoms. The third-order valence-electron chi connectivity index (χ3n) is 3.94. The Morgan fingerprint density at radius 2 is 1.96 bits per heavy atom. The highest BCUT2D eigenvalue weighted by atomic mass is 16.7. The molecule has 3 heterocycles. The van der Waals surface area contributed by atoms with Gasteiger partial charge in [0.25, 0.3) is 0 Å². The van der Waals surface area contributed by atoms with E-state index in [2.05, 4.69) is 20.6 Å². The molecule has 3 aromatic rings. The third-order valence-corrected chi connectivity index (χ3v) is 3.94. The van der Waals surface area contributed by atoms with Gasteiger partial charge in [0.15, 0.2) is 11.5 Å². The van der Waals surface area contributed by atoms with E-state index in [1.807, 2.05) is 0 Å². The standard InChI is InChI=1S/C19H16N4O5/c1-2-26-18(24)12-7-11-8-14-15(28-10-27-14)9-13(11)21-17(12)23-19(25)22-16-5-3-4-6-20-16/h3-9H,2,10H2,1H3,(H2,20,21,22,23,25). The second-order valence-electron chi connectivity index (χ2n) is 5.80. The maximum absolute atomic E-state index is 12.4. The second-order valence-corrected chi connectivity index (χ2v) is 5.80. The summed E-state index contributed by atoms with van der Waals surface area (Å²) in [6, 6.07) is 9.54. The molecule has 0 saturated heterocycles. The molecule has 4 rings (SSSR count). The Labute approximate surface area is 159 Å². The molecule has 0 fully saturated rings. The molecule has 0 aliphatic carbocycles. The van der Waals surface area contributed by atoms with E-state index in [-0.39, 0.29) is 24.8 Å². The Morgan fingerprint density at radius 3 is 2.71 bits per heavy atom. The number of hydrogen-bond acceptors (Lipinski definition) is 7. The van der Waals surface area contributed by atoms with Crippen molar-refractivity contribution in [2.24, 2.45) is 0 Å². The number of nitrogens with one attached hydrogen (secondary N) is 2. The van der Waals surface area contributed by atoms with E-state index < -0.39 is 12.0 Å². The number of nitrogens with zero attached hydrogens (tertiary/aromatic N) is 2. The molecule has 1 aliphatic rings. The van der Waals surface area contributed by atoms with Gasteiger partial charge in [-0.1, -0.05) is 6.07 Å². The van der Waals surface area contributed by atoms with Crippen molar-refractivity contribution in [2.45, 2.75) is 6.92 Å². The van der Waals surface area contributed by atoms with E-state index in [1.54, 1.807) is 49.5 Å². The molecule has 1 aliphatic heterocycles. The summed E-state index contributed by atoms with van der Waals surface area (Å²) in [5, 5.41) is 5.82. The molecule has 2 aromatic heterocycles. The number of urea groups is 1. The number of rotatable bonds is 4. The second kappa shape index (κ2) is 7.39. The van der Waals surface area contributed by atoms with Gasteiger partial charge in [-0.2, -0.15) is 0 Å². The van der Waals surface area contributed by atoms with E-state index in [0.29, 0.717) is 28.2 Å². The zero-order valence-corrected chi connectivity index (χ0v) is 14.9. The third kappa shape index (κ3) is 3.50. The Bertz CT molecular complexity index is 1060. The lowest BCUT2D eigenvalue weighted by Crippen LogP contribution is -2.22. The monoisotopic (exact) mass is 380 g/mol. The van der Waals surface area contributed by atoms with Gasteiger partial charge in [0.2, 0.25) is 6.79 Å². The maximum Gasteiger partial charge on any atom is 0.341 e. The number of aromatic nitrogens is 2. The minimum Gasteiger partial charge on any atom is -0.462 e. The fourth-order valence-corrected chi connectivity index (χ4v) is 2.72. The fraction of sp³-hybridized carbons (Fsp3) is 0.158. The number of carbonyl (C=O) groups excluding carboxylic acids is 2. The van der Waals surface area contributed by atoms with Crippen LogP contribution in [0, 0.1) is 0 Å². The number of fused-ring (bicyclic) bond motifs is 2. The van der Waals surface area contributed by atoms with Gasteiger partial charge in [-0.15, -0.1) is 0 Å². The summed E-state index contributed by atoms with van der Waals surface area (Å²) >= 11 is 0. The molecule has 1 aromatic carbocycles. The van der Waals surface area contributed by atoms with Crippen molar-refractivity contribution in [2.75, 3.05) is 24.0 Å². The van der Waals surface area contributed by atoms with Crippen LogP contribution >= 0.6 is 0 Å². The van der Waals surface area contributed by atoms with Gasteiger partial charge in [0, 0.05) is 17.6 Å². The lowest BCUT2D eigenvalue weighted by Gasteiger charge is -2.12. The normalized spacial score (nSPS) is 11.9. The molecule has 9 heteroatoms. The van der Waals surface area contributed by atoms with Crippen LogP contribution in [0.3, 0.4) is 0 Å². The molecule has 2 amide bonds. The molecule has 0 unspecified atom stereocenters. The number of carbonyl (C=O) groups is 2. The predicted molar refractivity (Wildman–Crippen MR) is 101 cm³/mol. The SMILES string of the molecule is CCOC(=O)c1cc2cc3c(cc2nc1NC(=O)Nc1ccccn1)OCO3. The first kappa shape index (κ1) is 17.5. The lowest BCUT2D eigenvalue weighted by molar-refractivity contribution is 0.0527. The van der Waals surface area contributed by atoms with Crippen LogP contribution in [-0.2, 0) is 4.74 Å². The summed E-state index contributed by atoms with van der Waals surface area (Å²) in [7, 11) is 0. The number of anilines is 2.